The maximum atomic E-state index is 5.97. The molecule has 3 unspecified atom stereocenters. The lowest BCUT2D eigenvalue weighted by Gasteiger charge is -2.22. The predicted octanol–water partition coefficient (Wildman–Crippen LogP) is 3.16. The van der Waals surface area contributed by atoms with Crippen LogP contribution in [0.2, 0.25) is 0 Å². The lowest BCUT2D eigenvalue weighted by Crippen LogP contribution is -2.35. The summed E-state index contributed by atoms with van der Waals surface area (Å²) in [5.74, 6) is 1.47. The molecule has 0 aromatic carbocycles. The molecule has 98 valence electrons. The predicted molar refractivity (Wildman–Crippen MR) is 73.6 cm³/mol. The zero-order chi connectivity index (χ0) is 12.6. The highest BCUT2D eigenvalue weighted by Crippen LogP contribution is 2.10. The second-order valence-corrected chi connectivity index (χ2v) is 5.65. The molecule has 2 nitrogen and oxygen atoms in total. The van der Waals surface area contributed by atoms with E-state index in [9.17, 15) is 0 Å². The molecule has 0 aliphatic carbocycles. The summed E-state index contributed by atoms with van der Waals surface area (Å²) < 4.78 is 0. The van der Waals surface area contributed by atoms with Gasteiger partial charge in [0.2, 0.25) is 0 Å². The highest BCUT2D eigenvalue weighted by atomic mass is 14.9. The van der Waals surface area contributed by atoms with Gasteiger partial charge in [0.1, 0.15) is 0 Å². The average molecular weight is 228 g/mol. The van der Waals surface area contributed by atoms with Gasteiger partial charge in [-0.15, -0.1) is 0 Å². The molecule has 0 bridgehead atoms. The van der Waals surface area contributed by atoms with E-state index in [4.69, 9.17) is 5.73 Å². The second-order valence-electron chi connectivity index (χ2n) is 5.65. The fourth-order valence-corrected chi connectivity index (χ4v) is 2.10. The van der Waals surface area contributed by atoms with Gasteiger partial charge in [0, 0.05) is 12.1 Å². The summed E-state index contributed by atoms with van der Waals surface area (Å²) in [5, 5.41) is 3.67. The molecule has 0 heterocycles. The first-order chi connectivity index (χ1) is 7.49. The Bertz CT molecular complexity index is 157. The van der Waals surface area contributed by atoms with Crippen LogP contribution in [0.3, 0.4) is 0 Å². The van der Waals surface area contributed by atoms with Gasteiger partial charge in [-0.3, -0.25) is 0 Å². The summed E-state index contributed by atoms with van der Waals surface area (Å²) >= 11 is 0. The second kappa shape index (κ2) is 9.00. The Morgan fingerprint density at radius 3 is 2.06 bits per heavy atom. The molecule has 0 saturated carbocycles. The van der Waals surface area contributed by atoms with Crippen molar-refractivity contribution < 1.29 is 0 Å². The van der Waals surface area contributed by atoms with Gasteiger partial charge in [0.15, 0.2) is 0 Å². The van der Waals surface area contributed by atoms with Crippen LogP contribution in [-0.4, -0.2) is 18.6 Å². The van der Waals surface area contributed by atoms with Gasteiger partial charge in [-0.2, -0.15) is 0 Å². The third-order valence-electron chi connectivity index (χ3n) is 3.23. The highest BCUT2D eigenvalue weighted by molar-refractivity contribution is 4.71. The number of hydrogen-bond acceptors (Lipinski definition) is 2. The summed E-state index contributed by atoms with van der Waals surface area (Å²) in [6.45, 7) is 12.4. The number of hydrogen-bond donors (Lipinski definition) is 2. The molecule has 3 atom stereocenters. The Hall–Kier alpha value is -0.0800. The first-order valence-electron chi connectivity index (χ1n) is 6.98. The van der Waals surface area contributed by atoms with E-state index < -0.39 is 0 Å². The first-order valence-corrected chi connectivity index (χ1v) is 6.98. The number of rotatable bonds is 9. The van der Waals surface area contributed by atoms with Crippen molar-refractivity contribution in [3.63, 3.8) is 0 Å². The van der Waals surface area contributed by atoms with E-state index in [1.54, 1.807) is 0 Å². The minimum atomic E-state index is 0.377. The molecule has 0 aliphatic rings. The zero-order valence-corrected chi connectivity index (χ0v) is 11.9. The largest absolute Gasteiger partial charge is 0.328 e. The zero-order valence-electron chi connectivity index (χ0n) is 11.9. The van der Waals surface area contributed by atoms with Gasteiger partial charge in [0.05, 0.1) is 0 Å². The van der Waals surface area contributed by atoms with Crippen molar-refractivity contribution in [1.29, 1.82) is 0 Å². The molecule has 0 amide bonds. The molecule has 0 aliphatic heterocycles. The fourth-order valence-electron chi connectivity index (χ4n) is 2.10. The summed E-state index contributed by atoms with van der Waals surface area (Å²) in [6, 6.07) is 1.06. The minimum Gasteiger partial charge on any atom is -0.328 e. The highest BCUT2D eigenvalue weighted by Gasteiger charge is 2.11. The molecule has 0 aromatic heterocycles. The van der Waals surface area contributed by atoms with Gasteiger partial charge in [-0.1, -0.05) is 34.6 Å². The molecule has 0 rings (SSSR count). The van der Waals surface area contributed by atoms with E-state index in [0.29, 0.717) is 18.0 Å². The van der Waals surface area contributed by atoms with E-state index in [1.807, 2.05) is 0 Å². The van der Waals surface area contributed by atoms with Crippen molar-refractivity contribution in [1.82, 2.24) is 5.32 Å². The van der Waals surface area contributed by atoms with E-state index in [0.717, 1.165) is 25.3 Å². The standard InChI is InChI=1S/C14H32N2/c1-6-13(15)9-12(5)10-16-14(7-2)8-11(3)4/h11-14,16H,6-10,15H2,1-5H3. The van der Waals surface area contributed by atoms with E-state index in [2.05, 4.69) is 39.9 Å². The SMILES string of the molecule is CCC(N)CC(C)CNC(CC)CC(C)C. The van der Waals surface area contributed by atoms with Crippen LogP contribution in [0, 0.1) is 11.8 Å². The molecule has 0 fully saturated rings. The maximum absolute atomic E-state index is 5.97. The van der Waals surface area contributed by atoms with Crippen molar-refractivity contribution in [3.8, 4) is 0 Å². The Labute approximate surface area is 102 Å². The number of nitrogens with two attached hydrogens (primary N) is 1. The maximum Gasteiger partial charge on any atom is 0.00669 e. The third-order valence-corrected chi connectivity index (χ3v) is 3.23. The molecule has 0 spiro atoms. The van der Waals surface area contributed by atoms with Crippen LogP contribution < -0.4 is 11.1 Å². The fraction of sp³-hybridized carbons (Fsp3) is 1.00. The van der Waals surface area contributed by atoms with Crippen LogP contribution in [0.15, 0.2) is 0 Å². The van der Waals surface area contributed by atoms with Gasteiger partial charge >= 0.3 is 0 Å². The summed E-state index contributed by atoms with van der Waals surface area (Å²) in [6.07, 6.45) is 4.74. The van der Waals surface area contributed by atoms with Crippen molar-refractivity contribution in [2.24, 2.45) is 17.6 Å². The van der Waals surface area contributed by atoms with Crippen LogP contribution >= 0.6 is 0 Å². The molecule has 0 saturated heterocycles. The third kappa shape index (κ3) is 8.12. The van der Waals surface area contributed by atoms with Crippen LogP contribution in [-0.2, 0) is 0 Å². The van der Waals surface area contributed by atoms with Crippen LogP contribution in [0.4, 0.5) is 0 Å². The van der Waals surface area contributed by atoms with E-state index >= 15 is 0 Å². The Morgan fingerprint density at radius 1 is 1.00 bits per heavy atom. The van der Waals surface area contributed by atoms with E-state index in [-0.39, 0.29) is 0 Å². The summed E-state index contributed by atoms with van der Waals surface area (Å²) in [4.78, 5) is 0. The monoisotopic (exact) mass is 228 g/mol. The Morgan fingerprint density at radius 2 is 1.62 bits per heavy atom. The number of nitrogens with one attached hydrogen (secondary N) is 1. The van der Waals surface area contributed by atoms with Crippen molar-refractivity contribution >= 4 is 0 Å². The van der Waals surface area contributed by atoms with Gasteiger partial charge in [-0.05, 0) is 44.1 Å². The molecular formula is C14H32N2. The van der Waals surface area contributed by atoms with Crippen LogP contribution in [0.25, 0.3) is 0 Å². The Balaban J connectivity index is 3.74. The topological polar surface area (TPSA) is 38.0 Å². The lowest BCUT2D eigenvalue weighted by molar-refractivity contribution is 0.359. The average Bonchev–Trinajstić information content (AvgIpc) is 2.23. The summed E-state index contributed by atoms with van der Waals surface area (Å²) in [5.41, 5.74) is 5.97. The van der Waals surface area contributed by atoms with Crippen LogP contribution in [0.1, 0.15) is 60.3 Å². The molecule has 0 radical (unpaired) electrons. The Kier molecular flexibility index (Phi) is 8.96. The molecular weight excluding hydrogens is 196 g/mol. The van der Waals surface area contributed by atoms with Gasteiger partial charge in [-0.25, -0.2) is 0 Å². The van der Waals surface area contributed by atoms with Gasteiger partial charge < -0.3 is 11.1 Å². The first kappa shape index (κ1) is 15.9. The van der Waals surface area contributed by atoms with Crippen molar-refractivity contribution in [3.05, 3.63) is 0 Å². The minimum absolute atomic E-state index is 0.377. The molecule has 2 heteroatoms. The van der Waals surface area contributed by atoms with Crippen molar-refractivity contribution in [2.45, 2.75) is 72.4 Å². The van der Waals surface area contributed by atoms with Crippen molar-refractivity contribution in [2.75, 3.05) is 6.54 Å². The van der Waals surface area contributed by atoms with E-state index in [1.165, 1.54) is 12.8 Å². The molecule has 16 heavy (non-hydrogen) atoms. The van der Waals surface area contributed by atoms with Crippen LogP contribution in [0.5, 0.6) is 0 Å². The van der Waals surface area contributed by atoms with Gasteiger partial charge in [0.25, 0.3) is 0 Å². The lowest BCUT2D eigenvalue weighted by atomic mass is 9.98. The molecule has 3 N–H and O–H groups in total. The smallest absolute Gasteiger partial charge is 0.00669 e. The normalized spacial score (nSPS) is 17.4. The summed E-state index contributed by atoms with van der Waals surface area (Å²) in [7, 11) is 0. The quantitative estimate of drug-likeness (QED) is 0.636. The molecule has 0 aromatic rings.